The summed E-state index contributed by atoms with van der Waals surface area (Å²) in [6, 6.07) is 5.71. The fraction of sp³-hybridized carbons (Fsp3) is 0.188. The quantitative estimate of drug-likeness (QED) is 0.600. The molecule has 0 aliphatic heterocycles. The van der Waals surface area contributed by atoms with Crippen molar-refractivity contribution in [2.24, 2.45) is 7.05 Å². The number of nitrogens with one attached hydrogen (secondary N) is 1. The number of nitrogens with zero attached hydrogens (tertiary/aromatic N) is 4. The van der Waals surface area contributed by atoms with Crippen LogP contribution in [0.25, 0.3) is 16.9 Å². The first-order valence-electron chi connectivity index (χ1n) is 7.37. The van der Waals surface area contributed by atoms with E-state index in [4.69, 9.17) is 0 Å². The number of imidazole rings is 2. The topological polar surface area (TPSA) is 77.1 Å². The highest BCUT2D eigenvalue weighted by molar-refractivity contribution is 5.75. The van der Waals surface area contributed by atoms with Gasteiger partial charge in [0.2, 0.25) is 5.78 Å². The largest absolute Gasteiger partial charge is 0.332 e. The molecular weight excluding hydrogens is 313 g/mol. The maximum atomic E-state index is 13.0. The van der Waals surface area contributed by atoms with Crippen LogP contribution in [0.1, 0.15) is 11.3 Å². The molecule has 3 heterocycles. The maximum absolute atomic E-state index is 13.0. The highest BCUT2D eigenvalue weighted by Crippen LogP contribution is 2.12. The van der Waals surface area contributed by atoms with Gasteiger partial charge in [0.1, 0.15) is 5.82 Å². The van der Waals surface area contributed by atoms with Crippen molar-refractivity contribution in [1.82, 2.24) is 23.5 Å². The third-order valence-electron chi connectivity index (χ3n) is 4.06. The Balaban J connectivity index is 2.01. The Labute approximate surface area is 134 Å². The summed E-state index contributed by atoms with van der Waals surface area (Å²) in [6.45, 7) is 1.93. The monoisotopic (exact) mass is 327 g/mol. The van der Waals surface area contributed by atoms with Crippen LogP contribution in [0.15, 0.2) is 40.1 Å². The Morgan fingerprint density at radius 2 is 1.92 bits per heavy atom. The minimum absolute atomic E-state index is 0.0678. The van der Waals surface area contributed by atoms with Crippen LogP contribution in [0.4, 0.5) is 4.39 Å². The lowest BCUT2D eigenvalue weighted by molar-refractivity contribution is 0.623. The number of rotatable bonds is 2. The Hall–Kier alpha value is -3.16. The first-order chi connectivity index (χ1) is 11.5. The lowest BCUT2D eigenvalue weighted by Gasteiger charge is -2.08. The highest BCUT2D eigenvalue weighted by atomic mass is 19.1. The molecule has 0 fully saturated rings. The van der Waals surface area contributed by atoms with Crippen molar-refractivity contribution in [2.45, 2.75) is 13.5 Å². The molecule has 0 bridgehead atoms. The van der Waals surface area contributed by atoms with Crippen LogP contribution in [-0.2, 0) is 13.6 Å². The lowest BCUT2D eigenvalue weighted by Crippen LogP contribution is -2.39. The molecule has 8 heteroatoms. The summed E-state index contributed by atoms with van der Waals surface area (Å²) >= 11 is 0. The standard InChI is InChI=1S/C16H14FN5O2/c1-9-7-21-12-13(19-15(21)18-9)20(2)16(24)22(14(12)23)8-10-3-5-11(17)6-4-10/h3-7H,8H2,1-2H3,(H,18,19). The van der Waals surface area contributed by atoms with E-state index in [1.54, 1.807) is 29.8 Å². The van der Waals surface area contributed by atoms with Gasteiger partial charge >= 0.3 is 5.69 Å². The van der Waals surface area contributed by atoms with Gasteiger partial charge in [-0.3, -0.25) is 18.3 Å². The van der Waals surface area contributed by atoms with Gasteiger partial charge in [-0.15, -0.1) is 0 Å². The SMILES string of the molecule is Cc1cn2c(nc3c2c(=O)n(Cc2ccc(F)cc2)c(=O)n3C)[nH]1. The summed E-state index contributed by atoms with van der Waals surface area (Å²) in [5, 5.41) is 0. The number of halogens is 1. The molecule has 122 valence electrons. The second-order valence-electron chi connectivity index (χ2n) is 5.77. The summed E-state index contributed by atoms with van der Waals surface area (Å²) in [5.74, 6) is 0.142. The molecule has 0 amide bonds. The van der Waals surface area contributed by atoms with E-state index < -0.39 is 11.2 Å². The zero-order valence-electron chi connectivity index (χ0n) is 13.1. The minimum atomic E-state index is -0.464. The highest BCUT2D eigenvalue weighted by Gasteiger charge is 2.18. The van der Waals surface area contributed by atoms with Gasteiger partial charge in [-0.1, -0.05) is 12.1 Å². The molecule has 7 nitrogen and oxygen atoms in total. The zero-order chi connectivity index (χ0) is 17.0. The number of aromatic amines is 1. The zero-order valence-corrected chi connectivity index (χ0v) is 13.1. The smallest absolute Gasteiger partial charge is 0.328 e. The summed E-state index contributed by atoms with van der Waals surface area (Å²) in [5.41, 5.74) is 1.29. The van der Waals surface area contributed by atoms with Gasteiger partial charge < -0.3 is 4.98 Å². The molecule has 4 aromatic rings. The average molecular weight is 327 g/mol. The molecule has 0 spiro atoms. The Kier molecular flexibility index (Phi) is 2.96. The molecule has 0 saturated carbocycles. The van der Waals surface area contributed by atoms with Gasteiger partial charge in [0.15, 0.2) is 11.2 Å². The van der Waals surface area contributed by atoms with Crippen molar-refractivity contribution in [2.75, 3.05) is 0 Å². The maximum Gasteiger partial charge on any atom is 0.332 e. The van der Waals surface area contributed by atoms with Crippen molar-refractivity contribution in [3.8, 4) is 0 Å². The summed E-state index contributed by atoms with van der Waals surface area (Å²) in [4.78, 5) is 32.8. The van der Waals surface area contributed by atoms with E-state index in [1.807, 2.05) is 6.92 Å². The van der Waals surface area contributed by atoms with Crippen molar-refractivity contribution in [3.63, 3.8) is 0 Å². The molecule has 0 unspecified atom stereocenters. The van der Waals surface area contributed by atoms with Crippen LogP contribution in [0.3, 0.4) is 0 Å². The number of H-pyrrole nitrogens is 1. The van der Waals surface area contributed by atoms with Crippen LogP contribution < -0.4 is 11.2 Å². The predicted octanol–water partition coefficient (Wildman–Crippen LogP) is 1.17. The molecular formula is C16H14FN5O2. The first kappa shape index (κ1) is 14.4. The number of aryl methyl sites for hydroxylation is 2. The van der Waals surface area contributed by atoms with E-state index in [0.29, 0.717) is 22.5 Å². The molecule has 24 heavy (non-hydrogen) atoms. The molecule has 0 aliphatic rings. The van der Waals surface area contributed by atoms with E-state index >= 15 is 0 Å². The Bertz CT molecular complexity index is 1190. The van der Waals surface area contributed by atoms with Crippen LogP contribution in [-0.4, -0.2) is 23.5 Å². The fourth-order valence-corrected chi connectivity index (χ4v) is 2.87. The van der Waals surface area contributed by atoms with Crippen molar-refractivity contribution in [1.29, 1.82) is 0 Å². The van der Waals surface area contributed by atoms with Crippen LogP contribution in [0.5, 0.6) is 0 Å². The molecule has 0 aliphatic carbocycles. The molecule has 0 atom stereocenters. The molecule has 0 radical (unpaired) electrons. The third kappa shape index (κ3) is 1.99. The van der Waals surface area contributed by atoms with Crippen molar-refractivity contribution < 1.29 is 4.39 Å². The lowest BCUT2D eigenvalue weighted by atomic mass is 10.2. The third-order valence-corrected chi connectivity index (χ3v) is 4.06. The number of benzene rings is 1. The summed E-state index contributed by atoms with van der Waals surface area (Å²) in [7, 11) is 1.57. The minimum Gasteiger partial charge on any atom is -0.328 e. The summed E-state index contributed by atoms with van der Waals surface area (Å²) in [6.07, 6.45) is 1.76. The first-order valence-corrected chi connectivity index (χ1v) is 7.37. The van der Waals surface area contributed by atoms with Crippen molar-refractivity contribution in [3.05, 3.63) is 68.4 Å². The van der Waals surface area contributed by atoms with Gasteiger partial charge in [-0.05, 0) is 24.6 Å². The normalized spacial score (nSPS) is 11.6. The average Bonchev–Trinajstić information content (AvgIpc) is 3.07. The van der Waals surface area contributed by atoms with Gasteiger partial charge in [0.25, 0.3) is 5.56 Å². The van der Waals surface area contributed by atoms with E-state index in [2.05, 4.69) is 9.97 Å². The molecule has 4 rings (SSSR count). The van der Waals surface area contributed by atoms with E-state index in [1.165, 1.54) is 16.7 Å². The fourth-order valence-electron chi connectivity index (χ4n) is 2.87. The van der Waals surface area contributed by atoms with Crippen LogP contribution in [0, 0.1) is 12.7 Å². The number of fused-ring (bicyclic) bond motifs is 3. The predicted molar refractivity (Wildman–Crippen MR) is 86.8 cm³/mol. The second-order valence-corrected chi connectivity index (χ2v) is 5.77. The number of hydrogen-bond acceptors (Lipinski definition) is 3. The number of hydrogen-bond donors (Lipinski definition) is 1. The number of aromatic nitrogens is 5. The van der Waals surface area contributed by atoms with E-state index in [9.17, 15) is 14.0 Å². The van der Waals surface area contributed by atoms with E-state index in [-0.39, 0.29) is 12.4 Å². The molecule has 3 aromatic heterocycles. The second kappa shape index (κ2) is 4.92. The Morgan fingerprint density at radius 1 is 1.21 bits per heavy atom. The van der Waals surface area contributed by atoms with Crippen LogP contribution in [0.2, 0.25) is 0 Å². The van der Waals surface area contributed by atoms with Gasteiger partial charge in [-0.25, -0.2) is 9.18 Å². The van der Waals surface area contributed by atoms with Gasteiger partial charge in [0.05, 0.1) is 6.54 Å². The van der Waals surface area contributed by atoms with Gasteiger partial charge in [0, 0.05) is 18.9 Å². The Morgan fingerprint density at radius 3 is 2.62 bits per heavy atom. The molecule has 0 saturated heterocycles. The summed E-state index contributed by atoms with van der Waals surface area (Å²) < 4.78 is 17.2. The van der Waals surface area contributed by atoms with E-state index in [0.717, 1.165) is 10.3 Å². The molecule has 1 aromatic carbocycles. The van der Waals surface area contributed by atoms with Crippen LogP contribution >= 0.6 is 0 Å². The van der Waals surface area contributed by atoms with Crippen molar-refractivity contribution >= 4 is 16.9 Å². The van der Waals surface area contributed by atoms with Gasteiger partial charge in [-0.2, -0.15) is 4.98 Å². The molecule has 1 N–H and O–H groups in total.